The second-order valence-corrected chi connectivity index (χ2v) is 29.5. The third kappa shape index (κ3) is 76.9. The molecule has 0 saturated carbocycles. The lowest BCUT2D eigenvalue weighted by Crippen LogP contribution is -2.30. The molecular weight excluding hydrogens is 1380 g/mol. The summed E-state index contributed by atoms with van der Waals surface area (Å²) >= 11 is 0. The van der Waals surface area contributed by atoms with Crippen molar-refractivity contribution in [3.8, 4) is 0 Å². The molecule has 3 N–H and O–H groups in total. The van der Waals surface area contributed by atoms with E-state index in [0.29, 0.717) is 32.1 Å². The van der Waals surface area contributed by atoms with Crippen molar-refractivity contribution in [1.82, 2.24) is 0 Å². The molecule has 0 aliphatic heterocycles. The zero-order valence-corrected chi connectivity index (χ0v) is 67.8. The number of aliphatic hydroxyl groups is 1. The molecule has 5 atom stereocenters. The van der Waals surface area contributed by atoms with Gasteiger partial charge in [0.1, 0.15) is 19.3 Å². The van der Waals surface area contributed by atoms with E-state index < -0.39 is 97.5 Å². The van der Waals surface area contributed by atoms with Gasteiger partial charge in [0.15, 0.2) is 12.2 Å². The molecule has 0 bridgehead atoms. The predicted molar refractivity (Wildman–Crippen MR) is 436 cm³/mol. The number of hydrogen-bond acceptors (Lipinski definition) is 15. The molecule has 0 aromatic heterocycles. The molecule has 0 rings (SSSR count). The van der Waals surface area contributed by atoms with E-state index in [1.54, 1.807) is 0 Å². The van der Waals surface area contributed by atoms with Gasteiger partial charge in [0.05, 0.1) is 26.4 Å². The van der Waals surface area contributed by atoms with E-state index in [0.717, 1.165) is 186 Å². The largest absolute Gasteiger partial charge is 0.472 e. The zero-order chi connectivity index (χ0) is 77.4. The third-order valence-corrected chi connectivity index (χ3v) is 18.4. The number of rotatable bonds is 75. The highest BCUT2D eigenvalue weighted by atomic mass is 31.2. The van der Waals surface area contributed by atoms with Gasteiger partial charge in [0.2, 0.25) is 0 Å². The highest BCUT2D eigenvalue weighted by Gasteiger charge is 2.30. The van der Waals surface area contributed by atoms with Gasteiger partial charge < -0.3 is 33.8 Å². The SMILES string of the molecule is CC/C=C\C/C=C\C/C=C\C/C=C\C/C=C\CCCC(=O)OCC(COP(=O)(O)OCC(O)COP(=O)(O)OCC(COC(=O)CCCCCC/C=C\C/C=C\C/C=C\C/C=C\CC)OC(=O)CCCCCCC/C=C\CCCCCCCC)OC(=O)CCCCCCCCC/C=C\C/C=C\C/C=C\CC. The Bertz CT molecular complexity index is 2630. The topological polar surface area (TPSA) is 237 Å². The van der Waals surface area contributed by atoms with Gasteiger partial charge in [-0.05, 0) is 161 Å². The molecule has 0 fully saturated rings. The van der Waals surface area contributed by atoms with Crippen LogP contribution < -0.4 is 0 Å². The fourth-order valence-electron chi connectivity index (χ4n) is 10.4. The molecule has 0 aromatic rings. The van der Waals surface area contributed by atoms with Gasteiger partial charge in [-0.1, -0.05) is 282 Å². The van der Waals surface area contributed by atoms with Crippen LogP contribution in [0.2, 0.25) is 0 Å². The van der Waals surface area contributed by atoms with Crippen LogP contribution in [0.3, 0.4) is 0 Å². The maximum Gasteiger partial charge on any atom is 0.472 e. The van der Waals surface area contributed by atoms with Gasteiger partial charge in [-0.25, -0.2) is 9.13 Å². The smallest absolute Gasteiger partial charge is 0.462 e. The Morgan fingerprint density at radius 2 is 0.500 bits per heavy atom. The van der Waals surface area contributed by atoms with Crippen LogP contribution >= 0.6 is 15.6 Å². The number of hydrogen-bond donors (Lipinski definition) is 3. The summed E-state index contributed by atoms with van der Waals surface area (Å²) < 4.78 is 68.6. The van der Waals surface area contributed by atoms with Gasteiger partial charge in [0, 0.05) is 25.7 Å². The van der Waals surface area contributed by atoms with Crippen LogP contribution in [0.5, 0.6) is 0 Å². The minimum atomic E-state index is -5.00. The summed E-state index contributed by atoms with van der Waals surface area (Å²) in [6.07, 6.45) is 90.8. The molecule has 0 aliphatic rings. The minimum Gasteiger partial charge on any atom is -0.462 e. The van der Waals surface area contributed by atoms with Crippen LogP contribution in [0.4, 0.5) is 0 Å². The van der Waals surface area contributed by atoms with Crippen molar-refractivity contribution in [1.29, 1.82) is 0 Å². The quantitative estimate of drug-likeness (QED) is 0.0169. The predicted octanol–water partition coefficient (Wildman–Crippen LogP) is 24.0. The summed E-state index contributed by atoms with van der Waals surface area (Å²) in [5.74, 6) is -2.29. The average Bonchev–Trinajstić information content (AvgIpc) is 0.902. The summed E-state index contributed by atoms with van der Waals surface area (Å²) in [6, 6.07) is 0. The van der Waals surface area contributed by atoms with Crippen molar-refractivity contribution in [2.45, 2.75) is 329 Å². The number of phosphoric ester groups is 2. The molecule has 0 aromatic carbocycles. The van der Waals surface area contributed by atoms with Gasteiger partial charge in [-0.3, -0.25) is 37.3 Å². The van der Waals surface area contributed by atoms with Crippen LogP contribution in [-0.2, 0) is 65.4 Å². The number of aliphatic hydroxyl groups excluding tert-OH is 1. The van der Waals surface area contributed by atoms with E-state index in [4.69, 9.17) is 37.0 Å². The monoisotopic (exact) mass is 1520 g/mol. The lowest BCUT2D eigenvalue weighted by Gasteiger charge is -2.21. The molecule has 106 heavy (non-hydrogen) atoms. The molecule has 0 heterocycles. The molecule has 0 saturated heterocycles. The molecule has 17 nitrogen and oxygen atoms in total. The summed E-state index contributed by atoms with van der Waals surface area (Å²) in [6.45, 7) is 4.43. The van der Waals surface area contributed by atoms with Crippen LogP contribution in [0, 0.1) is 0 Å². The Kier molecular flexibility index (Phi) is 73.9. The second kappa shape index (κ2) is 77.8. The summed E-state index contributed by atoms with van der Waals surface area (Å²) in [5.41, 5.74) is 0. The molecular formula is C87H144O17P2. The lowest BCUT2D eigenvalue weighted by atomic mass is 10.1. The van der Waals surface area contributed by atoms with Crippen LogP contribution in [0.25, 0.3) is 0 Å². The first-order valence-electron chi connectivity index (χ1n) is 40.7. The van der Waals surface area contributed by atoms with Crippen molar-refractivity contribution >= 4 is 39.5 Å². The third-order valence-electron chi connectivity index (χ3n) is 16.5. The first-order chi connectivity index (χ1) is 51.7. The van der Waals surface area contributed by atoms with Crippen molar-refractivity contribution in [3.63, 3.8) is 0 Å². The first-order valence-corrected chi connectivity index (χ1v) is 43.7. The maximum absolute atomic E-state index is 13.1. The Labute approximate surface area is 642 Å². The van der Waals surface area contributed by atoms with E-state index >= 15 is 0 Å². The average molecular weight is 1520 g/mol. The number of allylic oxidation sites excluding steroid dienone is 26. The Morgan fingerprint density at radius 3 is 0.802 bits per heavy atom. The number of unbranched alkanes of at least 4 members (excludes halogenated alkanes) is 23. The zero-order valence-electron chi connectivity index (χ0n) is 66.1. The van der Waals surface area contributed by atoms with E-state index in [2.05, 4.69) is 174 Å². The highest BCUT2D eigenvalue weighted by molar-refractivity contribution is 7.47. The summed E-state index contributed by atoms with van der Waals surface area (Å²) in [5, 5.41) is 10.7. The van der Waals surface area contributed by atoms with Gasteiger partial charge in [-0.2, -0.15) is 0 Å². The van der Waals surface area contributed by atoms with Crippen molar-refractivity contribution in [2.75, 3.05) is 39.6 Å². The fraction of sp³-hybridized carbons (Fsp3) is 0.655. The van der Waals surface area contributed by atoms with Crippen LogP contribution in [-0.4, -0.2) is 96.7 Å². The van der Waals surface area contributed by atoms with E-state index in [1.165, 1.54) is 38.5 Å². The molecule has 5 unspecified atom stereocenters. The van der Waals surface area contributed by atoms with E-state index in [-0.39, 0.29) is 25.7 Å². The van der Waals surface area contributed by atoms with Gasteiger partial charge >= 0.3 is 39.5 Å². The van der Waals surface area contributed by atoms with Gasteiger partial charge in [-0.15, -0.1) is 0 Å². The molecule has 0 aliphatic carbocycles. The van der Waals surface area contributed by atoms with Crippen molar-refractivity contribution < 1.29 is 80.2 Å². The Morgan fingerprint density at radius 1 is 0.274 bits per heavy atom. The standard InChI is InChI=1S/C87H144O17P2/c1-5-9-13-17-21-25-29-33-37-40-44-47-51-55-59-63-67-71-84(89)97-77-82(103-86(91)73-69-65-61-57-53-49-43-36-32-28-24-20-16-12-8-4)79-101-105(93,94)99-75-81(88)76-100-106(95,96)102-80-83(104-87(92)74-70-66-62-58-54-50-46-42-39-35-31-27-23-19-15-11-7-3)78-98-85(90)72-68-64-60-56-52-48-45-41-38-34-30-26-22-18-14-10-6-2/h9-11,13-15,21-23,25-27,33-39,43-45,47-48,56,60,81-83,88H,5-8,12,16-20,24,28-32,40-42,46,49-55,57-59,61-80H2,1-4H3,(H,93,94)(H,95,96)/b13-9-,14-10-,15-11-,25-21-,26-22-,27-23-,37-33-,38-34-,39-35-,43-36-,47-44-,48-45-,60-56-. The van der Waals surface area contributed by atoms with Crippen molar-refractivity contribution in [3.05, 3.63) is 158 Å². The van der Waals surface area contributed by atoms with E-state index in [1.807, 2.05) is 12.2 Å². The molecule has 0 spiro atoms. The molecule has 0 radical (unpaired) electrons. The Hall–Kier alpha value is -5.32. The number of phosphoric acid groups is 2. The summed E-state index contributed by atoms with van der Waals surface area (Å²) in [4.78, 5) is 73.1. The second-order valence-electron chi connectivity index (χ2n) is 26.6. The maximum atomic E-state index is 13.1. The lowest BCUT2D eigenvalue weighted by molar-refractivity contribution is -0.161. The fourth-order valence-corrected chi connectivity index (χ4v) is 12.0. The van der Waals surface area contributed by atoms with Gasteiger partial charge in [0.25, 0.3) is 0 Å². The molecule has 0 amide bonds. The van der Waals surface area contributed by atoms with E-state index in [9.17, 15) is 43.2 Å². The summed E-state index contributed by atoms with van der Waals surface area (Å²) in [7, 11) is -10.00. The highest BCUT2D eigenvalue weighted by Crippen LogP contribution is 2.45. The van der Waals surface area contributed by atoms with Crippen LogP contribution in [0.1, 0.15) is 310 Å². The number of carbonyl (C=O) groups excluding carboxylic acids is 4. The first kappa shape index (κ1) is 101. The molecule has 19 heteroatoms. The Balaban J connectivity index is 5.46. The minimum absolute atomic E-state index is 0.0659. The van der Waals surface area contributed by atoms with Crippen molar-refractivity contribution in [2.24, 2.45) is 0 Å². The molecule has 604 valence electrons. The number of carbonyl (C=O) groups is 4. The van der Waals surface area contributed by atoms with Crippen LogP contribution in [0.15, 0.2) is 158 Å². The number of esters is 4. The normalized spacial score (nSPS) is 14.7. The number of ether oxygens (including phenoxy) is 4.